The van der Waals surface area contributed by atoms with Gasteiger partial charge in [-0.3, -0.25) is 14.4 Å². The van der Waals surface area contributed by atoms with Gasteiger partial charge in [0, 0.05) is 52.1 Å². The highest BCUT2D eigenvalue weighted by Gasteiger charge is 2.37. The maximum Gasteiger partial charge on any atom is 0.228 e. The molecule has 3 amide bonds. The van der Waals surface area contributed by atoms with Gasteiger partial charge in [0.25, 0.3) is 0 Å². The highest BCUT2D eigenvalue weighted by atomic mass is 16.2. The fraction of sp³-hybridized carbons (Fsp3) is 0.400. The number of aryl methyl sites for hydroxylation is 1. The maximum absolute atomic E-state index is 13.0. The van der Waals surface area contributed by atoms with Crippen LogP contribution in [0.15, 0.2) is 60.7 Å². The van der Waals surface area contributed by atoms with E-state index < -0.39 is 0 Å². The van der Waals surface area contributed by atoms with Gasteiger partial charge in [0.1, 0.15) is 0 Å². The lowest BCUT2D eigenvalue weighted by molar-refractivity contribution is -0.142. The summed E-state index contributed by atoms with van der Waals surface area (Å²) in [5.41, 5.74) is 2.24. The molecule has 0 saturated carbocycles. The van der Waals surface area contributed by atoms with Crippen LogP contribution in [0, 0.1) is 5.92 Å². The average molecular weight is 420 g/mol. The Labute approximate surface area is 183 Å². The van der Waals surface area contributed by atoms with Crippen molar-refractivity contribution >= 4 is 17.7 Å². The molecule has 31 heavy (non-hydrogen) atoms. The molecule has 0 bridgehead atoms. The Hall–Kier alpha value is -3.15. The van der Waals surface area contributed by atoms with Crippen LogP contribution < -0.4 is 0 Å². The van der Waals surface area contributed by atoms with Crippen molar-refractivity contribution in [2.45, 2.75) is 25.8 Å². The molecule has 2 fully saturated rings. The molecule has 0 N–H and O–H groups in total. The lowest BCUT2D eigenvalue weighted by Gasteiger charge is -2.36. The molecule has 0 aromatic heterocycles. The van der Waals surface area contributed by atoms with Gasteiger partial charge in [-0.05, 0) is 17.5 Å². The minimum absolute atomic E-state index is 0.0388. The summed E-state index contributed by atoms with van der Waals surface area (Å²) in [4.78, 5) is 43.4. The normalized spacial score (nSPS) is 19.0. The largest absolute Gasteiger partial charge is 0.339 e. The molecule has 4 rings (SSSR count). The number of benzene rings is 2. The van der Waals surface area contributed by atoms with Crippen molar-refractivity contribution in [2.75, 3.05) is 32.7 Å². The highest BCUT2D eigenvalue weighted by molar-refractivity contribution is 5.89. The maximum atomic E-state index is 13.0. The SMILES string of the molecule is O=C(CCc1ccccc1)N1CCN(C(=O)C2CC(=O)N(Cc3ccccc3)C2)CC1. The Morgan fingerprint density at radius 1 is 0.806 bits per heavy atom. The van der Waals surface area contributed by atoms with E-state index in [-0.39, 0.29) is 30.1 Å². The Balaban J connectivity index is 1.23. The van der Waals surface area contributed by atoms with Gasteiger partial charge in [-0.15, -0.1) is 0 Å². The second-order valence-corrected chi connectivity index (χ2v) is 8.35. The fourth-order valence-electron chi connectivity index (χ4n) is 4.38. The van der Waals surface area contributed by atoms with Crippen molar-refractivity contribution in [1.29, 1.82) is 0 Å². The molecular weight excluding hydrogens is 390 g/mol. The van der Waals surface area contributed by atoms with E-state index in [0.29, 0.717) is 45.7 Å². The predicted molar refractivity (Wildman–Crippen MR) is 118 cm³/mol. The summed E-state index contributed by atoms with van der Waals surface area (Å²) in [5.74, 6) is -0.0604. The first kappa shape index (κ1) is 21.1. The van der Waals surface area contributed by atoms with Crippen molar-refractivity contribution in [2.24, 2.45) is 5.92 Å². The average Bonchev–Trinajstić information content (AvgIpc) is 3.18. The summed E-state index contributed by atoms with van der Waals surface area (Å²) in [5, 5.41) is 0. The third kappa shape index (κ3) is 5.32. The van der Waals surface area contributed by atoms with Crippen molar-refractivity contribution in [3.8, 4) is 0 Å². The molecule has 2 aliphatic heterocycles. The molecule has 2 aromatic rings. The summed E-state index contributed by atoms with van der Waals surface area (Å²) in [6.07, 6.45) is 1.51. The summed E-state index contributed by atoms with van der Waals surface area (Å²) in [7, 11) is 0. The standard InChI is InChI=1S/C25H29N3O3/c29-23(12-11-20-7-3-1-4-8-20)26-13-15-27(16-14-26)25(31)22-17-24(30)28(19-22)18-21-9-5-2-6-10-21/h1-10,22H,11-19H2. The quantitative estimate of drug-likeness (QED) is 0.722. The van der Waals surface area contributed by atoms with Gasteiger partial charge in [-0.25, -0.2) is 0 Å². The van der Waals surface area contributed by atoms with Gasteiger partial charge in [-0.1, -0.05) is 60.7 Å². The van der Waals surface area contributed by atoms with E-state index in [0.717, 1.165) is 17.5 Å². The van der Waals surface area contributed by atoms with Crippen LogP contribution in [-0.4, -0.2) is 65.1 Å². The van der Waals surface area contributed by atoms with Crippen molar-refractivity contribution in [3.63, 3.8) is 0 Å². The van der Waals surface area contributed by atoms with E-state index in [1.807, 2.05) is 70.5 Å². The third-order valence-electron chi connectivity index (χ3n) is 6.19. The van der Waals surface area contributed by atoms with Gasteiger partial charge in [-0.2, -0.15) is 0 Å². The molecule has 6 heteroatoms. The number of carbonyl (C=O) groups is 3. The summed E-state index contributed by atoms with van der Waals surface area (Å²) in [6.45, 7) is 3.23. The Bertz CT molecular complexity index is 908. The van der Waals surface area contributed by atoms with E-state index in [4.69, 9.17) is 0 Å². The monoisotopic (exact) mass is 419 g/mol. The number of hydrogen-bond donors (Lipinski definition) is 0. The first-order chi connectivity index (χ1) is 15.1. The zero-order valence-corrected chi connectivity index (χ0v) is 17.8. The molecule has 2 aromatic carbocycles. The number of nitrogens with zero attached hydrogens (tertiary/aromatic N) is 3. The lowest BCUT2D eigenvalue weighted by atomic mass is 10.1. The van der Waals surface area contributed by atoms with E-state index >= 15 is 0 Å². The molecule has 6 nitrogen and oxygen atoms in total. The van der Waals surface area contributed by atoms with E-state index in [1.165, 1.54) is 0 Å². The smallest absolute Gasteiger partial charge is 0.228 e. The highest BCUT2D eigenvalue weighted by Crippen LogP contribution is 2.23. The Morgan fingerprint density at radius 3 is 2.03 bits per heavy atom. The minimum atomic E-state index is -0.281. The molecule has 2 aliphatic rings. The minimum Gasteiger partial charge on any atom is -0.339 e. The zero-order chi connectivity index (χ0) is 21.6. The van der Waals surface area contributed by atoms with Crippen molar-refractivity contribution < 1.29 is 14.4 Å². The number of carbonyl (C=O) groups excluding carboxylic acids is 3. The molecule has 162 valence electrons. The second-order valence-electron chi connectivity index (χ2n) is 8.35. The van der Waals surface area contributed by atoms with Gasteiger partial charge in [0.15, 0.2) is 0 Å². The van der Waals surface area contributed by atoms with Crippen LogP contribution in [0.5, 0.6) is 0 Å². The Morgan fingerprint density at radius 2 is 1.39 bits per heavy atom. The van der Waals surface area contributed by atoms with Crippen molar-refractivity contribution in [1.82, 2.24) is 14.7 Å². The molecule has 2 heterocycles. The third-order valence-corrected chi connectivity index (χ3v) is 6.19. The molecule has 1 unspecified atom stereocenters. The van der Waals surface area contributed by atoms with Crippen LogP contribution in [0.1, 0.15) is 24.0 Å². The molecule has 0 aliphatic carbocycles. The first-order valence-corrected chi connectivity index (χ1v) is 11.0. The molecule has 0 radical (unpaired) electrons. The van der Waals surface area contributed by atoms with Gasteiger partial charge < -0.3 is 14.7 Å². The van der Waals surface area contributed by atoms with E-state index in [9.17, 15) is 14.4 Å². The molecule has 2 saturated heterocycles. The van der Waals surface area contributed by atoms with Gasteiger partial charge in [0.2, 0.25) is 17.7 Å². The number of piperazine rings is 1. The fourth-order valence-corrected chi connectivity index (χ4v) is 4.38. The summed E-state index contributed by atoms with van der Waals surface area (Å²) < 4.78 is 0. The van der Waals surface area contributed by atoms with Crippen LogP contribution in [0.3, 0.4) is 0 Å². The van der Waals surface area contributed by atoms with Gasteiger partial charge in [0.05, 0.1) is 5.92 Å². The van der Waals surface area contributed by atoms with Crippen LogP contribution in [-0.2, 0) is 27.3 Å². The molecule has 0 spiro atoms. The molecular formula is C25H29N3O3. The van der Waals surface area contributed by atoms with Crippen LogP contribution in [0.4, 0.5) is 0 Å². The van der Waals surface area contributed by atoms with Crippen molar-refractivity contribution in [3.05, 3.63) is 71.8 Å². The predicted octanol–water partition coefficient (Wildman–Crippen LogP) is 2.34. The van der Waals surface area contributed by atoms with Crippen LogP contribution in [0.2, 0.25) is 0 Å². The number of likely N-dealkylation sites (tertiary alicyclic amines) is 1. The first-order valence-electron chi connectivity index (χ1n) is 11.0. The zero-order valence-electron chi connectivity index (χ0n) is 17.8. The van der Waals surface area contributed by atoms with E-state index in [2.05, 4.69) is 0 Å². The van der Waals surface area contributed by atoms with Gasteiger partial charge >= 0.3 is 0 Å². The molecule has 1 atom stereocenters. The van der Waals surface area contributed by atoms with E-state index in [1.54, 1.807) is 4.90 Å². The topological polar surface area (TPSA) is 60.9 Å². The van der Waals surface area contributed by atoms with Crippen LogP contribution in [0.25, 0.3) is 0 Å². The number of amides is 3. The Kier molecular flexibility index (Phi) is 6.65. The summed E-state index contributed by atoms with van der Waals surface area (Å²) in [6, 6.07) is 19.9. The number of hydrogen-bond acceptors (Lipinski definition) is 3. The number of rotatable bonds is 6. The lowest BCUT2D eigenvalue weighted by Crippen LogP contribution is -2.52. The second kappa shape index (κ2) is 9.77. The summed E-state index contributed by atoms with van der Waals surface area (Å²) >= 11 is 0. The van der Waals surface area contributed by atoms with Crippen LogP contribution >= 0.6 is 0 Å².